The van der Waals surface area contributed by atoms with Crippen LogP contribution in [0.1, 0.15) is 14.7 Å². The molecule has 0 spiro atoms. The van der Waals surface area contributed by atoms with Gasteiger partial charge < -0.3 is 5.32 Å². The molecule has 8 heteroatoms. The van der Waals surface area contributed by atoms with E-state index in [2.05, 4.69) is 15.5 Å². The van der Waals surface area contributed by atoms with Crippen molar-refractivity contribution in [2.75, 3.05) is 0 Å². The van der Waals surface area contributed by atoms with Crippen molar-refractivity contribution in [3.63, 3.8) is 0 Å². The monoisotopic (exact) mass is 293 g/mol. The van der Waals surface area contributed by atoms with Crippen LogP contribution in [0, 0.1) is 0 Å². The number of nitrogens with zero attached hydrogens (tertiary/aromatic N) is 2. The van der Waals surface area contributed by atoms with Crippen LogP contribution in [0.4, 0.5) is 0 Å². The summed E-state index contributed by atoms with van der Waals surface area (Å²) >= 11 is 13.8. The normalized spacial score (nSPS) is 10.4. The van der Waals surface area contributed by atoms with E-state index in [-0.39, 0.29) is 15.4 Å². The minimum Gasteiger partial charge on any atom is -0.345 e. The van der Waals surface area contributed by atoms with E-state index in [1.165, 1.54) is 11.3 Å². The fourth-order valence-electron chi connectivity index (χ4n) is 0.987. The topological polar surface area (TPSA) is 54.9 Å². The molecule has 0 aromatic carbocycles. The van der Waals surface area contributed by atoms with Crippen LogP contribution >= 0.6 is 45.9 Å². The largest absolute Gasteiger partial charge is 0.345 e. The first-order valence-corrected chi connectivity index (χ1v) is 6.55. The van der Waals surface area contributed by atoms with Crippen molar-refractivity contribution < 1.29 is 4.79 Å². The lowest BCUT2D eigenvalue weighted by Gasteiger charge is -1.98. The molecule has 0 saturated carbocycles. The Morgan fingerprint density at radius 2 is 2.12 bits per heavy atom. The van der Waals surface area contributed by atoms with Crippen LogP contribution < -0.4 is 5.32 Å². The third-order valence-electron chi connectivity index (χ3n) is 1.65. The number of hydrogen-bond donors (Lipinski definition) is 1. The highest BCUT2D eigenvalue weighted by molar-refractivity contribution is 7.17. The summed E-state index contributed by atoms with van der Waals surface area (Å²) in [6, 6.07) is 3.65. The van der Waals surface area contributed by atoms with Crippen molar-refractivity contribution in [1.29, 1.82) is 0 Å². The average Bonchev–Trinajstić information content (AvgIpc) is 2.84. The summed E-state index contributed by atoms with van der Waals surface area (Å²) in [4.78, 5) is 12.5. The van der Waals surface area contributed by atoms with E-state index < -0.39 is 0 Å². The first-order valence-electron chi connectivity index (χ1n) is 4.16. The number of amides is 1. The molecular formula is C8H5Cl2N3OS2. The maximum absolute atomic E-state index is 11.5. The standard InChI is InChI=1S/C8H5Cl2N3OS2/c9-5-2-1-4(15-5)3-11-6(14)7-12-13-8(10)16-7/h1-2H,3H2,(H,11,14). The predicted octanol–water partition coefficient (Wildman–Crippen LogP) is 2.84. The Kier molecular flexibility index (Phi) is 3.75. The maximum Gasteiger partial charge on any atom is 0.282 e. The zero-order valence-corrected chi connectivity index (χ0v) is 10.9. The van der Waals surface area contributed by atoms with Gasteiger partial charge in [0.2, 0.25) is 9.47 Å². The Morgan fingerprint density at radius 3 is 2.69 bits per heavy atom. The minimum atomic E-state index is -0.283. The lowest BCUT2D eigenvalue weighted by molar-refractivity contribution is 0.0950. The number of nitrogens with one attached hydrogen (secondary N) is 1. The van der Waals surface area contributed by atoms with Crippen LogP contribution in [0.25, 0.3) is 0 Å². The van der Waals surface area contributed by atoms with E-state index in [1.807, 2.05) is 6.07 Å². The van der Waals surface area contributed by atoms with Gasteiger partial charge in [0, 0.05) is 4.88 Å². The second-order valence-corrected chi connectivity index (χ2v) is 6.11. The first kappa shape index (κ1) is 11.8. The fraction of sp³-hybridized carbons (Fsp3) is 0.125. The molecule has 2 heterocycles. The van der Waals surface area contributed by atoms with Gasteiger partial charge in [-0.25, -0.2) is 0 Å². The molecule has 16 heavy (non-hydrogen) atoms. The lowest BCUT2D eigenvalue weighted by atomic mass is 10.4. The second kappa shape index (κ2) is 5.09. The van der Waals surface area contributed by atoms with Crippen molar-refractivity contribution in [3.8, 4) is 0 Å². The highest BCUT2D eigenvalue weighted by atomic mass is 35.5. The zero-order chi connectivity index (χ0) is 11.5. The van der Waals surface area contributed by atoms with Gasteiger partial charge in [-0.1, -0.05) is 22.9 Å². The molecule has 0 aliphatic heterocycles. The number of aromatic nitrogens is 2. The summed E-state index contributed by atoms with van der Waals surface area (Å²) in [5.41, 5.74) is 0. The SMILES string of the molecule is O=C(NCc1ccc(Cl)s1)c1nnc(Cl)s1. The summed E-state index contributed by atoms with van der Waals surface area (Å²) in [5.74, 6) is -0.283. The second-order valence-electron chi connectivity index (χ2n) is 2.75. The molecule has 2 aromatic heterocycles. The molecule has 0 atom stereocenters. The molecule has 0 fully saturated rings. The lowest BCUT2D eigenvalue weighted by Crippen LogP contribution is -2.22. The van der Waals surface area contributed by atoms with Crippen molar-refractivity contribution in [1.82, 2.24) is 15.5 Å². The fourth-order valence-corrected chi connectivity index (χ4v) is 2.76. The molecule has 1 N–H and O–H groups in total. The van der Waals surface area contributed by atoms with Crippen LogP contribution in [-0.2, 0) is 6.54 Å². The van der Waals surface area contributed by atoms with Gasteiger partial charge in [-0.2, -0.15) is 0 Å². The Hall–Kier alpha value is -0.690. The van der Waals surface area contributed by atoms with Crippen LogP contribution in [0.3, 0.4) is 0 Å². The molecule has 0 aliphatic rings. The van der Waals surface area contributed by atoms with Crippen LogP contribution in [-0.4, -0.2) is 16.1 Å². The smallest absolute Gasteiger partial charge is 0.282 e. The number of thiophene rings is 1. The number of carbonyl (C=O) groups excluding carboxylic acids is 1. The summed E-state index contributed by atoms with van der Waals surface area (Å²) in [6.07, 6.45) is 0. The van der Waals surface area contributed by atoms with Crippen LogP contribution in [0.2, 0.25) is 8.80 Å². The number of rotatable bonds is 3. The van der Waals surface area contributed by atoms with Crippen LogP contribution in [0.15, 0.2) is 12.1 Å². The van der Waals surface area contributed by atoms with E-state index in [9.17, 15) is 4.79 Å². The molecule has 1 amide bonds. The molecule has 0 unspecified atom stereocenters. The van der Waals surface area contributed by atoms with Crippen molar-refractivity contribution in [3.05, 3.63) is 30.8 Å². The van der Waals surface area contributed by atoms with E-state index in [0.717, 1.165) is 16.2 Å². The van der Waals surface area contributed by atoms with E-state index in [1.54, 1.807) is 6.07 Å². The van der Waals surface area contributed by atoms with E-state index >= 15 is 0 Å². The van der Waals surface area contributed by atoms with Gasteiger partial charge in [-0.3, -0.25) is 4.79 Å². The minimum absolute atomic E-state index is 0.254. The third kappa shape index (κ3) is 2.91. The van der Waals surface area contributed by atoms with Gasteiger partial charge in [0.15, 0.2) is 0 Å². The zero-order valence-electron chi connectivity index (χ0n) is 7.74. The molecule has 2 aromatic rings. The van der Waals surface area contributed by atoms with Crippen molar-refractivity contribution >= 4 is 51.8 Å². The quantitative estimate of drug-likeness (QED) is 0.947. The van der Waals surface area contributed by atoms with Gasteiger partial charge in [0.1, 0.15) is 0 Å². The molecule has 0 bridgehead atoms. The Balaban J connectivity index is 1.93. The number of hydrogen-bond acceptors (Lipinski definition) is 5. The summed E-state index contributed by atoms with van der Waals surface area (Å²) in [5, 5.41) is 10.1. The predicted molar refractivity (Wildman–Crippen MR) is 65.4 cm³/mol. The molecule has 4 nitrogen and oxygen atoms in total. The number of halogens is 2. The molecule has 84 valence electrons. The molecule has 0 radical (unpaired) electrons. The average molecular weight is 294 g/mol. The highest BCUT2D eigenvalue weighted by Gasteiger charge is 2.11. The third-order valence-corrected chi connectivity index (χ3v) is 3.90. The van der Waals surface area contributed by atoms with E-state index in [0.29, 0.717) is 10.9 Å². The first-order chi connectivity index (χ1) is 7.65. The van der Waals surface area contributed by atoms with Gasteiger partial charge in [0.05, 0.1) is 10.9 Å². The molecule has 0 saturated heterocycles. The van der Waals surface area contributed by atoms with Gasteiger partial charge in [0.25, 0.3) is 5.91 Å². The van der Waals surface area contributed by atoms with Gasteiger partial charge in [-0.15, -0.1) is 21.5 Å². The van der Waals surface area contributed by atoms with Gasteiger partial charge in [-0.05, 0) is 23.7 Å². The number of carbonyl (C=O) groups is 1. The summed E-state index contributed by atoms with van der Waals surface area (Å²) < 4.78 is 0.951. The molecule has 0 aliphatic carbocycles. The molecule has 2 rings (SSSR count). The molecular weight excluding hydrogens is 289 g/mol. The Labute approximate surface area is 109 Å². The Morgan fingerprint density at radius 1 is 1.31 bits per heavy atom. The summed E-state index contributed by atoms with van der Waals surface area (Å²) in [6.45, 7) is 0.424. The maximum atomic E-state index is 11.5. The summed E-state index contributed by atoms with van der Waals surface area (Å²) in [7, 11) is 0. The Bertz CT molecular complexity index is 511. The van der Waals surface area contributed by atoms with Gasteiger partial charge >= 0.3 is 0 Å². The highest BCUT2D eigenvalue weighted by Crippen LogP contribution is 2.21. The van der Waals surface area contributed by atoms with Crippen LogP contribution in [0.5, 0.6) is 0 Å². The van der Waals surface area contributed by atoms with Crippen molar-refractivity contribution in [2.24, 2.45) is 0 Å². The van der Waals surface area contributed by atoms with Crippen molar-refractivity contribution in [2.45, 2.75) is 6.54 Å². The van der Waals surface area contributed by atoms with E-state index in [4.69, 9.17) is 23.2 Å².